The molecule has 1 atom stereocenters. The summed E-state index contributed by atoms with van der Waals surface area (Å²) in [5, 5.41) is 2.02. The van der Waals surface area contributed by atoms with Crippen LogP contribution >= 0.6 is 0 Å². The molecular weight excluding hydrogens is 332 g/mol. The van der Waals surface area contributed by atoms with Crippen LogP contribution in [0.15, 0.2) is 42.5 Å². The molecule has 0 heterocycles. The molecule has 0 bridgehead atoms. The maximum Gasteiger partial charge on any atom is 0.320 e. The van der Waals surface area contributed by atoms with Crippen molar-refractivity contribution in [3.05, 3.63) is 48.0 Å². The van der Waals surface area contributed by atoms with E-state index in [4.69, 9.17) is 9.47 Å². The lowest BCUT2D eigenvalue weighted by atomic mass is 9.81. The van der Waals surface area contributed by atoms with Gasteiger partial charge in [0.25, 0.3) is 0 Å². The Kier molecular flexibility index (Phi) is 6.89. The number of ether oxygens (including phenoxy) is 2. The van der Waals surface area contributed by atoms with E-state index in [2.05, 4.69) is 0 Å². The summed E-state index contributed by atoms with van der Waals surface area (Å²) in [6.45, 7) is 5.10. The van der Waals surface area contributed by atoms with Crippen LogP contribution < -0.4 is 0 Å². The van der Waals surface area contributed by atoms with Gasteiger partial charge in [0.1, 0.15) is 5.78 Å². The summed E-state index contributed by atoms with van der Waals surface area (Å²) in [4.78, 5) is 36.8. The third-order valence-electron chi connectivity index (χ3n) is 4.19. The number of fused-ring (bicyclic) bond motifs is 1. The molecule has 0 aromatic heterocycles. The number of benzene rings is 2. The molecule has 0 amide bonds. The predicted molar refractivity (Wildman–Crippen MR) is 98.7 cm³/mol. The van der Waals surface area contributed by atoms with Gasteiger partial charge in [0.05, 0.1) is 13.2 Å². The zero-order valence-electron chi connectivity index (χ0n) is 15.4. The summed E-state index contributed by atoms with van der Waals surface area (Å²) in [5.74, 6) is -3.23. The molecular formula is C21H24O5. The summed E-state index contributed by atoms with van der Waals surface area (Å²) in [5.41, 5.74) is 0.741. The number of hydrogen-bond acceptors (Lipinski definition) is 5. The highest BCUT2D eigenvalue weighted by Gasteiger charge is 2.39. The summed E-state index contributed by atoms with van der Waals surface area (Å²) < 4.78 is 10.2. The Hall–Kier alpha value is -2.69. The van der Waals surface area contributed by atoms with E-state index in [0.29, 0.717) is 0 Å². The Morgan fingerprint density at radius 1 is 0.885 bits per heavy atom. The number of rotatable bonds is 8. The minimum atomic E-state index is -1.17. The average molecular weight is 356 g/mol. The third-order valence-corrected chi connectivity index (χ3v) is 4.19. The van der Waals surface area contributed by atoms with Gasteiger partial charge in [-0.05, 0) is 37.1 Å². The fraction of sp³-hybridized carbons (Fsp3) is 0.381. The summed E-state index contributed by atoms with van der Waals surface area (Å²) >= 11 is 0. The Balaban J connectivity index is 2.51. The molecule has 0 unspecified atom stereocenters. The third kappa shape index (κ3) is 4.69. The zero-order chi connectivity index (χ0) is 19.1. The largest absolute Gasteiger partial charge is 0.465 e. The Labute approximate surface area is 153 Å². The molecule has 26 heavy (non-hydrogen) atoms. The second-order valence-corrected chi connectivity index (χ2v) is 6.10. The summed E-state index contributed by atoms with van der Waals surface area (Å²) in [7, 11) is 0. The van der Waals surface area contributed by atoms with Gasteiger partial charge in [0.15, 0.2) is 5.92 Å². The summed E-state index contributed by atoms with van der Waals surface area (Å²) in [6.07, 6.45) is 0.0562. The molecule has 0 N–H and O–H groups in total. The first-order valence-electron chi connectivity index (χ1n) is 8.79. The van der Waals surface area contributed by atoms with Crippen molar-refractivity contribution in [2.75, 3.05) is 13.2 Å². The van der Waals surface area contributed by atoms with E-state index in [1.54, 1.807) is 13.8 Å². The lowest BCUT2D eigenvalue weighted by Gasteiger charge is -2.24. The monoisotopic (exact) mass is 356 g/mol. The summed E-state index contributed by atoms with van der Waals surface area (Å²) in [6, 6.07) is 13.5. The smallest absolute Gasteiger partial charge is 0.320 e. The van der Waals surface area contributed by atoms with Crippen LogP contribution in [0.25, 0.3) is 10.8 Å². The van der Waals surface area contributed by atoms with Crippen molar-refractivity contribution in [2.24, 2.45) is 5.92 Å². The lowest BCUT2D eigenvalue weighted by molar-refractivity contribution is -0.162. The van der Waals surface area contributed by atoms with Gasteiger partial charge < -0.3 is 14.3 Å². The first-order valence-corrected chi connectivity index (χ1v) is 8.79. The Bertz CT molecular complexity index is 778. The Morgan fingerprint density at radius 2 is 1.46 bits per heavy atom. The highest BCUT2D eigenvalue weighted by Crippen LogP contribution is 2.33. The van der Waals surface area contributed by atoms with Gasteiger partial charge in [0.2, 0.25) is 0 Å². The van der Waals surface area contributed by atoms with Gasteiger partial charge in [0, 0.05) is 12.3 Å². The Morgan fingerprint density at radius 3 is 2.00 bits per heavy atom. The van der Waals surface area contributed by atoms with Gasteiger partial charge in [-0.25, -0.2) is 0 Å². The van der Waals surface area contributed by atoms with E-state index >= 15 is 0 Å². The fourth-order valence-electron chi connectivity index (χ4n) is 3.07. The van der Waals surface area contributed by atoms with Crippen molar-refractivity contribution in [2.45, 2.75) is 33.1 Å². The van der Waals surface area contributed by atoms with Gasteiger partial charge in [-0.3, -0.25) is 9.59 Å². The number of esters is 2. The molecule has 2 aromatic rings. The molecule has 0 saturated heterocycles. The molecule has 0 radical (unpaired) electrons. The highest BCUT2D eigenvalue weighted by atomic mass is 16.6. The molecule has 2 aromatic carbocycles. The molecule has 0 aliphatic rings. The predicted octanol–water partition coefficient (Wildman–Crippen LogP) is 3.64. The quantitative estimate of drug-likeness (QED) is 0.533. The molecule has 2 rings (SSSR count). The number of hydrogen-bond donors (Lipinski definition) is 0. The topological polar surface area (TPSA) is 69.7 Å². The first-order chi connectivity index (χ1) is 12.5. The number of carbonyl (C=O) groups excluding carboxylic acids is 3. The van der Waals surface area contributed by atoms with E-state index in [1.807, 2.05) is 42.5 Å². The molecule has 0 aliphatic heterocycles. The van der Waals surface area contributed by atoms with Crippen LogP contribution in [-0.4, -0.2) is 30.9 Å². The zero-order valence-corrected chi connectivity index (χ0v) is 15.4. The first kappa shape index (κ1) is 19.6. The van der Waals surface area contributed by atoms with Gasteiger partial charge in [-0.15, -0.1) is 0 Å². The van der Waals surface area contributed by atoms with Gasteiger partial charge in [-0.1, -0.05) is 42.5 Å². The van der Waals surface area contributed by atoms with Crippen molar-refractivity contribution in [1.29, 1.82) is 0 Å². The van der Waals surface area contributed by atoms with Crippen LogP contribution in [0.2, 0.25) is 0 Å². The molecule has 0 saturated carbocycles. The maximum atomic E-state index is 12.5. The highest BCUT2D eigenvalue weighted by molar-refractivity contribution is 5.97. The van der Waals surface area contributed by atoms with Gasteiger partial charge >= 0.3 is 11.9 Å². The van der Waals surface area contributed by atoms with Crippen LogP contribution in [0.1, 0.15) is 38.7 Å². The van der Waals surface area contributed by atoms with E-state index in [9.17, 15) is 14.4 Å². The minimum Gasteiger partial charge on any atom is -0.465 e. The van der Waals surface area contributed by atoms with Crippen LogP contribution in [0.4, 0.5) is 0 Å². The van der Waals surface area contributed by atoms with Crippen molar-refractivity contribution in [3.63, 3.8) is 0 Å². The molecule has 5 nitrogen and oxygen atoms in total. The van der Waals surface area contributed by atoms with Crippen molar-refractivity contribution >= 4 is 28.5 Å². The fourth-order valence-corrected chi connectivity index (χ4v) is 3.07. The van der Waals surface area contributed by atoms with E-state index in [0.717, 1.165) is 16.3 Å². The number of ketones is 1. The SMILES string of the molecule is CCOC(=O)C(C(=O)OCC)[C@H](CC(C)=O)c1ccc2ccccc2c1. The molecule has 138 valence electrons. The molecule has 0 aliphatic carbocycles. The average Bonchev–Trinajstić information content (AvgIpc) is 2.61. The molecule has 0 spiro atoms. The van der Waals surface area contributed by atoms with Crippen LogP contribution in [0, 0.1) is 5.92 Å². The minimum absolute atomic E-state index is 0.0562. The van der Waals surface area contributed by atoms with Crippen molar-refractivity contribution in [3.8, 4) is 0 Å². The normalized spacial score (nSPS) is 12.0. The van der Waals surface area contributed by atoms with E-state index < -0.39 is 23.8 Å². The molecule has 0 fully saturated rings. The second kappa shape index (κ2) is 9.13. The second-order valence-electron chi connectivity index (χ2n) is 6.10. The van der Waals surface area contributed by atoms with Gasteiger partial charge in [-0.2, -0.15) is 0 Å². The number of Topliss-reactive ketones (excluding diaryl/α,β-unsaturated/α-hetero) is 1. The van der Waals surface area contributed by atoms with Crippen molar-refractivity contribution < 1.29 is 23.9 Å². The van der Waals surface area contributed by atoms with Crippen LogP contribution in [0.3, 0.4) is 0 Å². The van der Waals surface area contributed by atoms with Crippen LogP contribution in [0.5, 0.6) is 0 Å². The van der Waals surface area contributed by atoms with E-state index in [1.165, 1.54) is 6.92 Å². The lowest BCUT2D eigenvalue weighted by Crippen LogP contribution is -2.34. The molecule has 5 heteroatoms. The maximum absolute atomic E-state index is 12.5. The van der Waals surface area contributed by atoms with E-state index in [-0.39, 0.29) is 25.4 Å². The van der Waals surface area contributed by atoms with Crippen molar-refractivity contribution in [1.82, 2.24) is 0 Å². The van der Waals surface area contributed by atoms with Crippen LogP contribution in [-0.2, 0) is 23.9 Å². The standard InChI is InChI=1S/C21H24O5/c1-4-25-20(23)19(21(24)26-5-2)18(12-14(3)22)17-11-10-15-8-6-7-9-16(15)13-17/h6-11,13,18-19H,4-5,12H2,1-3H3/t18-/m1/s1. The number of carbonyl (C=O) groups is 3.